The number of halogens is 1. The first-order valence-corrected chi connectivity index (χ1v) is 9.69. The summed E-state index contributed by atoms with van der Waals surface area (Å²) in [4.78, 5) is 12.7. The highest BCUT2D eigenvalue weighted by Crippen LogP contribution is 2.37. The van der Waals surface area contributed by atoms with Crippen LogP contribution in [0.25, 0.3) is 0 Å². The minimum Gasteiger partial charge on any atom is -0.493 e. The fourth-order valence-electron chi connectivity index (χ4n) is 2.98. The molecule has 0 unspecified atom stereocenters. The molecule has 0 heterocycles. The van der Waals surface area contributed by atoms with Crippen LogP contribution in [0.3, 0.4) is 0 Å². The minimum atomic E-state index is -0.262. The standard InChI is InChI=1S/C24H24ClNO3/c1-15-5-8-18(9-6-15)14-29-23-20(25)12-19(13-22(23)28-4)24(27)26-21-10-7-16(2)11-17(21)3/h5-13H,14H2,1-4H3,(H,26,27). The van der Waals surface area contributed by atoms with Gasteiger partial charge in [-0.15, -0.1) is 0 Å². The lowest BCUT2D eigenvalue weighted by molar-refractivity contribution is 0.102. The summed E-state index contributed by atoms with van der Waals surface area (Å²) in [5, 5.41) is 3.24. The zero-order valence-electron chi connectivity index (χ0n) is 17.0. The van der Waals surface area contributed by atoms with Gasteiger partial charge in [0.1, 0.15) is 6.61 Å². The van der Waals surface area contributed by atoms with E-state index in [-0.39, 0.29) is 5.91 Å². The van der Waals surface area contributed by atoms with E-state index in [1.807, 2.05) is 63.2 Å². The van der Waals surface area contributed by atoms with E-state index in [4.69, 9.17) is 21.1 Å². The van der Waals surface area contributed by atoms with Crippen molar-refractivity contribution >= 4 is 23.2 Å². The number of carbonyl (C=O) groups excluding carboxylic acids is 1. The van der Waals surface area contributed by atoms with E-state index in [9.17, 15) is 4.79 Å². The molecule has 0 saturated carbocycles. The fourth-order valence-corrected chi connectivity index (χ4v) is 3.24. The zero-order chi connectivity index (χ0) is 21.0. The van der Waals surface area contributed by atoms with Crippen LogP contribution >= 0.6 is 11.6 Å². The Morgan fingerprint density at radius 2 is 1.66 bits per heavy atom. The summed E-state index contributed by atoms with van der Waals surface area (Å²) in [6, 6.07) is 17.1. The molecule has 0 aliphatic carbocycles. The number of benzene rings is 3. The molecule has 0 aliphatic heterocycles. The van der Waals surface area contributed by atoms with Gasteiger partial charge in [-0.1, -0.05) is 59.1 Å². The molecule has 4 nitrogen and oxygen atoms in total. The maximum atomic E-state index is 12.7. The zero-order valence-corrected chi connectivity index (χ0v) is 17.8. The van der Waals surface area contributed by atoms with E-state index < -0.39 is 0 Å². The van der Waals surface area contributed by atoms with Crippen molar-refractivity contribution in [1.82, 2.24) is 0 Å². The van der Waals surface area contributed by atoms with Gasteiger partial charge in [0, 0.05) is 11.3 Å². The number of aryl methyl sites for hydroxylation is 3. The van der Waals surface area contributed by atoms with Crippen molar-refractivity contribution in [2.45, 2.75) is 27.4 Å². The number of methoxy groups -OCH3 is 1. The molecule has 3 aromatic rings. The number of nitrogens with one attached hydrogen (secondary N) is 1. The highest BCUT2D eigenvalue weighted by Gasteiger charge is 2.17. The predicted octanol–water partition coefficient (Wildman–Crippen LogP) is 6.11. The Morgan fingerprint density at radius 1 is 0.966 bits per heavy atom. The summed E-state index contributed by atoms with van der Waals surface area (Å²) in [6.07, 6.45) is 0. The Kier molecular flexibility index (Phi) is 6.45. The second-order valence-electron chi connectivity index (χ2n) is 7.04. The molecular weight excluding hydrogens is 386 g/mol. The molecule has 0 aliphatic rings. The van der Waals surface area contributed by atoms with Gasteiger partial charge in [0.15, 0.2) is 11.5 Å². The van der Waals surface area contributed by atoms with Crippen molar-refractivity contribution < 1.29 is 14.3 Å². The van der Waals surface area contributed by atoms with E-state index >= 15 is 0 Å². The fraction of sp³-hybridized carbons (Fsp3) is 0.208. The van der Waals surface area contributed by atoms with Crippen LogP contribution in [0.4, 0.5) is 5.69 Å². The van der Waals surface area contributed by atoms with Crippen LogP contribution < -0.4 is 14.8 Å². The van der Waals surface area contributed by atoms with Gasteiger partial charge in [-0.3, -0.25) is 4.79 Å². The number of anilines is 1. The summed E-state index contributed by atoms with van der Waals surface area (Å²) in [5.74, 6) is 0.565. The third-order valence-corrected chi connectivity index (χ3v) is 4.91. The maximum Gasteiger partial charge on any atom is 0.255 e. The van der Waals surface area contributed by atoms with E-state index in [0.29, 0.717) is 28.7 Å². The molecule has 0 saturated heterocycles. The van der Waals surface area contributed by atoms with Crippen LogP contribution in [0.15, 0.2) is 54.6 Å². The molecule has 1 amide bonds. The average molecular weight is 410 g/mol. The van der Waals surface area contributed by atoms with Crippen molar-refractivity contribution in [2.75, 3.05) is 12.4 Å². The van der Waals surface area contributed by atoms with Gasteiger partial charge in [-0.2, -0.15) is 0 Å². The van der Waals surface area contributed by atoms with Gasteiger partial charge >= 0.3 is 0 Å². The molecule has 0 spiro atoms. The Hall–Kier alpha value is -2.98. The average Bonchev–Trinajstić information content (AvgIpc) is 2.69. The number of ether oxygens (including phenoxy) is 2. The molecule has 0 bridgehead atoms. The van der Waals surface area contributed by atoms with Crippen LogP contribution in [0, 0.1) is 20.8 Å². The predicted molar refractivity (Wildman–Crippen MR) is 117 cm³/mol. The summed E-state index contributed by atoms with van der Waals surface area (Å²) < 4.78 is 11.3. The SMILES string of the molecule is COc1cc(C(=O)Nc2ccc(C)cc2C)cc(Cl)c1OCc1ccc(C)cc1. The number of carbonyl (C=O) groups is 1. The lowest BCUT2D eigenvalue weighted by Crippen LogP contribution is -2.13. The summed E-state index contributed by atoms with van der Waals surface area (Å²) >= 11 is 6.42. The van der Waals surface area contributed by atoms with Crippen molar-refractivity contribution in [3.05, 3.63) is 87.4 Å². The van der Waals surface area contributed by atoms with Crippen molar-refractivity contribution in [1.29, 1.82) is 0 Å². The summed E-state index contributed by atoms with van der Waals surface area (Å²) in [6.45, 7) is 6.35. The first-order valence-electron chi connectivity index (χ1n) is 9.32. The van der Waals surface area contributed by atoms with Gasteiger partial charge in [-0.05, 0) is 50.1 Å². The maximum absolute atomic E-state index is 12.7. The topological polar surface area (TPSA) is 47.6 Å². The Bertz CT molecular complexity index is 1030. The van der Waals surface area contributed by atoms with Gasteiger partial charge in [0.2, 0.25) is 0 Å². The Labute approximate surface area is 176 Å². The van der Waals surface area contributed by atoms with E-state index in [0.717, 1.165) is 22.4 Å². The highest BCUT2D eigenvalue weighted by atomic mass is 35.5. The Balaban J connectivity index is 1.79. The molecule has 150 valence electrons. The molecule has 0 fully saturated rings. The number of rotatable bonds is 6. The molecule has 0 atom stereocenters. The van der Waals surface area contributed by atoms with Crippen molar-refractivity contribution in [2.24, 2.45) is 0 Å². The normalized spacial score (nSPS) is 10.5. The minimum absolute atomic E-state index is 0.262. The van der Waals surface area contributed by atoms with Crippen LogP contribution in [-0.4, -0.2) is 13.0 Å². The molecule has 3 rings (SSSR count). The van der Waals surface area contributed by atoms with Gasteiger partial charge in [-0.25, -0.2) is 0 Å². The molecule has 0 aromatic heterocycles. The third-order valence-electron chi connectivity index (χ3n) is 4.63. The smallest absolute Gasteiger partial charge is 0.255 e. The van der Waals surface area contributed by atoms with Crippen molar-refractivity contribution in [3.8, 4) is 11.5 Å². The first kappa shape index (κ1) is 20.7. The highest BCUT2D eigenvalue weighted by molar-refractivity contribution is 6.32. The summed E-state index contributed by atoms with van der Waals surface area (Å²) in [5.41, 5.74) is 5.49. The Morgan fingerprint density at radius 3 is 2.31 bits per heavy atom. The largest absolute Gasteiger partial charge is 0.493 e. The summed E-state index contributed by atoms with van der Waals surface area (Å²) in [7, 11) is 1.52. The third kappa shape index (κ3) is 5.09. The van der Waals surface area contributed by atoms with Crippen LogP contribution in [0.1, 0.15) is 32.6 Å². The molecule has 1 N–H and O–H groups in total. The van der Waals surface area contributed by atoms with E-state index in [1.165, 1.54) is 12.7 Å². The monoisotopic (exact) mass is 409 g/mol. The van der Waals surface area contributed by atoms with E-state index in [1.54, 1.807) is 12.1 Å². The van der Waals surface area contributed by atoms with Gasteiger partial charge < -0.3 is 14.8 Å². The van der Waals surface area contributed by atoms with Crippen molar-refractivity contribution in [3.63, 3.8) is 0 Å². The van der Waals surface area contributed by atoms with Gasteiger partial charge in [0.25, 0.3) is 5.91 Å². The molecule has 5 heteroatoms. The first-order chi connectivity index (χ1) is 13.9. The number of hydrogen-bond donors (Lipinski definition) is 1. The number of hydrogen-bond acceptors (Lipinski definition) is 3. The van der Waals surface area contributed by atoms with E-state index in [2.05, 4.69) is 5.32 Å². The van der Waals surface area contributed by atoms with Gasteiger partial charge in [0.05, 0.1) is 12.1 Å². The quantitative estimate of drug-likeness (QED) is 0.534. The second-order valence-corrected chi connectivity index (χ2v) is 7.44. The van der Waals surface area contributed by atoms with Crippen LogP contribution in [0.2, 0.25) is 5.02 Å². The lowest BCUT2D eigenvalue weighted by atomic mass is 10.1. The molecular formula is C24H24ClNO3. The van der Waals surface area contributed by atoms with Crippen LogP contribution in [0.5, 0.6) is 11.5 Å². The van der Waals surface area contributed by atoms with Crippen LogP contribution in [-0.2, 0) is 6.61 Å². The molecule has 29 heavy (non-hydrogen) atoms. The molecule has 0 radical (unpaired) electrons. The molecule has 3 aromatic carbocycles. The number of amides is 1. The second kappa shape index (κ2) is 9.01. The lowest BCUT2D eigenvalue weighted by Gasteiger charge is -2.15.